The zero-order valence-corrected chi connectivity index (χ0v) is 12.5. The average molecular weight is 273 g/mol. The van der Waals surface area contributed by atoms with Gasteiger partial charge in [-0.15, -0.1) is 0 Å². The minimum Gasteiger partial charge on any atom is -0.481 e. The first kappa shape index (κ1) is 14.6. The Morgan fingerprint density at radius 3 is 2.90 bits per heavy atom. The lowest BCUT2D eigenvalue weighted by atomic mass is 10.1. The molecule has 1 atom stereocenters. The highest BCUT2D eigenvalue weighted by atomic mass is 16.5. The first-order valence-corrected chi connectivity index (χ1v) is 7.09. The van der Waals surface area contributed by atoms with E-state index >= 15 is 0 Å². The topological polar surface area (TPSA) is 39.1 Å². The molecule has 0 spiro atoms. The summed E-state index contributed by atoms with van der Waals surface area (Å²) < 4.78 is 7.32. The fourth-order valence-electron chi connectivity index (χ4n) is 2.38. The molecule has 0 aliphatic carbocycles. The van der Waals surface area contributed by atoms with Gasteiger partial charge in [0.2, 0.25) is 5.88 Å². The minimum atomic E-state index is 0.430. The maximum atomic E-state index is 5.15. The summed E-state index contributed by atoms with van der Waals surface area (Å²) in [5.41, 5.74) is 2.33. The first-order valence-electron chi connectivity index (χ1n) is 7.09. The van der Waals surface area contributed by atoms with Gasteiger partial charge in [-0.05, 0) is 31.2 Å². The summed E-state index contributed by atoms with van der Waals surface area (Å²) in [6.07, 6.45) is 6.63. The van der Waals surface area contributed by atoms with Gasteiger partial charge in [-0.1, -0.05) is 19.4 Å². The van der Waals surface area contributed by atoms with Crippen LogP contribution in [0.15, 0.2) is 36.7 Å². The Hall–Kier alpha value is -1.81. The van der Waals surface area contributed by atoms with Gasteiger partial charge in [0.25, 0.3) is 0 Å². The predicted octanol–water partition coefficient (Wildman–Crippen LogP) is 3.00. The predicted molar refractivity (Wildman–Crippen MR) is 81.0 cm³/mol. The molecule has 0 saturated carbocycles. The first-order chi connectivity index (χ1) is 9.76. The second-order valence-electron chi connectivity index (χ2n) is 4.92. The van der Waals surface area contributed by atoms with E-state index in [-0.39, 0.29) is 0 Å². The van der Waals surface area contributed by atoms with Gasteiger partial charge in [-0.3, -0.25) is 0 Å². The van der Waals surface area contributed by atoms with Crippen LogP contribution in [0, 0.1) is 0 Å². The van der Waals surface area contributed by atoms with Crippen LogP contribution in [0.2, 0.25) is 0 Å². The molecule has 0 radical (unpaired) electrons. The molecule has 0 bridgehead atoms. The Labute approximate surface area is 120 Å². The van der Waals surface area contributed by atoms with E-state index in [0.29, 0.717) is 11.9 Å². The third-order valence-corrected chi connectivity index (χ3v) is 3.44. The minimum absolute atomic E-state index is 0.430. The number of hydrogen-bond acceptors (Lipinski definition) is 3. The second-order valence-corrected chi connectivity index (χ2v) is 4.92. The zero-order chi connectivity index (χ0) is 14.4. The number of pyridine rings is 1. The molecular formula is C16H23N3O. The molecule has 2 aromatic rings. The molecule has 20 heavy (non-hydrogen) atoms. The van der Waals surface area contributed by atoms with Gasteiger partial charge >= 0.3 is 0 Å². The Bertz CT molecular complexity index is 536. The average Bonchev–Trinajstić information content (AvgIpc) is 2.93. The van der Waals surface area contributed by atoms with E-state index in [0.717, 1.165) is 18.7 Å². The number of methoxy groups -OCH3 is 1. The molecular weight excluding hydrogens is 250 g/mol. The van der Waals surface area contributed by atoms with Crippen LogP contribution in [-0.4, -0.2) is 23.7 Å². The summed E-state index contributed by atoms with van der Waals surface area (Å²) in [5, 5.41) is 3.37. The molecule has 0 aromatic carbocycles. The van der Waals surface area contributed by atoms with Crippen molar-refractivity contribution in [3.63, 3.8) is 0 Å². The normalized spacial score (nSPS) is 12.3. The number of hydrogen-bond donors (Lipinski definition) is 1. The molecule has 0 amide bonds. The van der Waals surface area contributed by atoms with E-state index in [1.165, 1.54) is 12.0 Å². The van der Waals surface area contributed by atoms with E-state index in [1.54, 1.807) is 7.11 Å². The van der Waals surface area contributed by atoms with E-state index in [9.17, 15) is 0 Å². The van der Waals surface area contributed by atoms with Crippen LogP contribution in [0.1, 0.15) is 37.1 Å². The Balaban J connectivity index is 2.08. The maximum absolute atomic E-state index is 5.15. The number of aromatic nitrogens is 2. The van der Waals surface area contributed by atoms with Gasteiger partial charge in [0.1, 0.15) is 0 Å². The third kappa shape index (κ3) is 3.61. The van der Waals surface area contributed by atoms with Crippen molar-refractivity contribution in [2.24, 2.45) is 0 Å². The number of rotatable bonds is 7. The molecule has 0 fully saturated rings. The molecule has 4 nitrogen and oxygen atoms in total. The van der Waals surface area contributed by atoms with Crippen LogP contribution in [-0.2, 0) is 6.54 Å². The standard InChI is InChI=1S/C16H23N3O/c1-4-6-15(17-2)13-9-10-19(11-13)12-14-7-5-8-16(18-14)20-3/h5,7-11,15,17H,4,6,12H2,1-3H3. The van der Waals surface area contributed by atoms with Gasteiger partial charge in [0.15, 0.2) is 0 Å². The summed E-state index contributed by atoms with van der Waals surface area (Å²) in [5.74, 6) is 0.661. The van der Waals surface area contributed by atoms with Crippen molar-refractivity contribution in [2.45, 2.75) is 32.4 Å². The highest BCUT2D eigenvalue weighted by molar-refractivity contribution is 5.19. The summed E-state index contributed by atoms with van der Waals surface area (Å²) in [4.78, 5) is 4.44. The summed E-state index contributed by atoms with van der Waals surface area (Å²) in [6, 6.07) is 8.46. The van der Waals surface area contributed by atoms with Crippen molar-refractivity contribution in [3.8, 4) is 5.88 Å². The Morgan fingerprint density at radius 1 is 1.35 bits per heavy atom. The highest BCUT2D eigenvalue weighted by Gasteiger charge is 2.09. The third-order valence-electron chi connectivity index (χ3n) is 3.44. The van der Waals surface area contributed by atoms with Crippen molar-refractivity contribution in [3.05, 3.63) is 47.9 Å². The summed E-state index contributed by atoms with van der Waals surface area (Å²) in [7, 11) is 3.66. The summed E-state index contributed by atoms with van der Waals surface area (Å²) in [6.45, 7) is 2.97. The fourth-order valence-corrected chi connectivity index (χ4v) is 2.38. The SMILES string of the molecule is CCCC(NC)c1ccn(Cc2cccc(OC)n2)c1. The van der Waals surface area contributed by atoms with Crippen LogP contribution in [0.4, 0.5) is 0 Å². The molecule has 108 valence electrons. The van der Waals surface area contributed by atoms with Crippen LogP contribution < -0.4 is 10.1 Å². The van der Waals surface area contributed by atoms with Crippen molar-refractivity contribution >= 4 is 0 Å². The lowest BCUT2D eigenvalue weighted by Crippen LogP contribution is -2.15. The van der Waals surface area contributed by atoms with E-state index in [4.69, 9.17) is 4.74 Å². The molecule has 2 heterocycles. The molecule has 0 aliphatic heterocycles. The molecule has 4 heteroatoms. The lowest BCUT2D eigenvalue weighted by molar-refractivity contribution is 0.396. The van der Waals surface area contributed by atoms with Crippen LogP contribution >= 0.6 is 0 Å². The maximum Gasteiger partial charge on any atom is 0.213 e. The zero-order valence-electron chi connectivity index (χ0n) is 12.5. The van der Waals surface area contributed by atoms with Crippen molar-refractivity contribution in [1.29, 1.82) is 0 Å². The lowest BCUT2D eigenvalue weighted by Gasteiger charge is -2.13. The summed E-state index contributed by atoms with van der Waals surface area (Å²) >= 11 is 0. The Morgan fingerprint density at radius 2 is 2.20 bits per heavy atom. The molecule has 1 N–H and O–H groups in total. The van der Waals surface area contributed by atoms with Gasteiger partial charge in [0, 0.05) is 24.5 Å². The van der Waals surface area contributed by atoms with Crippen molar-refractivity contribution in [2.75, 3.05) is 14.2 Å². The molecule has 1 unspecified atom stereocenters. The number of nitrogens with one attached hydrogen (secondary N) is 1. The molecule has 2 rings (SSSR count). The fraction of sp³-hybridized carbons (Fsp3) is 0.438. The van der Waals surface area contributed by atoms with Gasteiger partial charge in [0.05, 0.1) is 19.3 Å². The van der Waals surface area contributed by atoms with Gasteiger partial charge in [-0.25, -0.2) is 4.98 Å². The van der Waals surface area contributed by atoms with Crippen LogP contribution in [0.3, 0.4) is 0 Å². The smallest absolute Gasteiger partial charge is 0.213 e. The molecule has 0 aliphatic rings. The quantitative estimate of drug-likeness (QED) is 0.843. The van der Waals surface area contributed by atoms with E-state index in [1.807, 2.05) is 25.2 Å². The van der Waals surface area contributed by atoms with Gasteiger partial charge in [-0.2, -0.15) is 0 Å². The van der Waals surface area contributed by atoms with Crippen LogP contribution in [0.5, 0.6) is 5.88 Å². The van der Waals surface area contributed by atoms with Crippen LogP contribution in [0.25, 0.3) is 0 Å². The van der Waals surface area contributed by atoms with Gasteiger partial charge < -0.3 is 14.6 Å². The largest absolute Gasteiger partial charge is 0.481 e. The van der Waals surface area contributed by atoms with E-state index in [2.05, 4.69) is 40.3 Å². The number of nitrogens with zero attached hydrogens (tertiary/aromatic N) is 2. The second kappa shape index (κ2) is 7.10. The van der Waals surface area contributed by atoms with Crippen molar-refractivity contribution in [1.82, 2.24) is 14.9 Å². The Kier molecular flexibility index (Phi) is 5.18. The monoisotopic (exact) mass is 273 g/mol. The molecule has 0 saturated heterocycles. The number of ether oxygens (including phenoxy) is 1. The van der Waals surface area contributed by atoms with E-state index < -0.39 is 0 Å². The van der Waals surface area contributed by atoms with Crippen molar-refractivity contribution < 1.29 is 4.74 Å². The highest BCUT2D eigenvalue weighted by Crippen LogP contribution is 2.19. The molecule has 2 aromatic heterocycles.